The van der Waals surface area contributed by atoms with E-state index in [2.05, 4.69) is 5.32 Å². The van der Waals surface area contributed by atoms with Crippen LogP contribution in [0.5, 0.6) is 5.75 Å². The van der Waals surface area contributed by atoms with Gasteiger partial charge < -0.3 is 19.9 Å². The molecule has 0 aliphatic heterocycles. The largest absolute Gasteiger partial charge is 0.497 e. The summed E-state index contributed by atoms with van der Waals surface area (Å²) < 4.78 is 10.6. The first kappa shape index (κ1) is 20.7. The molecule has 1 fully saturated rings. The highest BCUT2D eigenvalue weighted by atomic mass is 16.5. The van der Waals surface area contributed by atoms with E-state index < -0.39 is 6.10 Å². The predicted octanol–water partition coefficient (Wildman–Crippen LogP) is 3.44. The molecule has 26 heavy (non-hydrogen) atoms. The summed E-state index contributed by atoms with van der Waals surface area (Å²) in [6.45, 7) is 0.871. The predicted molar refractivity (Wildman–Crippen MR) is 102 cm³/mol. The molecule has 2 rings (SSSR count). The number of aliphatic hydroxyl groups excluding tert-OH is 1. The van der Waals surface area contributed by atoms with E-state index in [1.54, 1.807) is 7.11 Å². The number of benzene rings is 1. The van der Waals surface area contributed by atoms with Crippen LogP contribution in [0.3, 0.4) is 0 Å². The van der Waals surface area contributed by atoms with Crippen molar-refractivity contribution >= 4 is 5.91 Å². The monoisotopic (exact) mass is 363 g/mol. The quantitative estimate of drug-likeness (QED) is 0.632. The van der Waals surface area contributed by atoms with E-state index in [1.165, 1.54) is 32.1 Å². The molecule has 0 bridgehead atoms. The number of nitrogens with one attached hydrogen (secondary N) is 1. The highest BCUT2D eigenvalue weighted by molar-refractivity contribution is 5.75. The number of aliphatic hydroxyl groups is 1. The van der Waals surface area contributed by atoms with Crippen LogP contribution >= 0.6 is 0 Å². The second-order valence-corrected chi connectivity index (χ2v) is 7.22. The van der Waals surface area contributed by atoms with Crippen LogP contribution in [-0.4, -0.2) is 37.4 Å². The van der Waals surface area contributed by atoms with Crippen molar-refractivity contribution in [2.24, 2.45) is 5.92 Å². The van der Waals surface area contributed by atoms with Crippen molar-refractivity contribution < 1.29 is 19.4 Å². The van der Waals surface area contributed by atoms with Crippen LogP contribution in [0.2, 0.25) is 0 Å². The van der Waals surface area contributed by atoms with Crippen molar-refractivity contribution in [1.29, 1.82) is 0 Å². The normalized spacial score (nSPS) is 16.2. The fourth-order valence-electron chi connectivity index (χ4n) is 3.44. The molecule has 1 amide bonds. The van der Waals surface area contributed by atoms with Gasteiger partial charge in [0, 0.05) is 13.0 Å². The maximum absolute atomic E-state index is 11.9. The van der Waals surface area contributed by atoms with Crippen molar-refractivity contribution in [3.63, 3.8) is 0 Å². The van der Waals surface area contributed by atoms with Crippen molar-refractivity contribution in [3.05, 3.63) is 29.8 Å². The first-order valence-electron chi connectivity index (χ1n) is 9.83. The van der Waals surface area contributed by atoms with Crippen LogP contribution in [0.15, 0.2) is 24.3 Å². The molecule has 5 nitrogen and oxygen atoms in total. The number of rotatable bonds is 11. The van der Waals surface area contributed by atoms with E-state index in [0.717, 1.165) is 30.1 Å². The summed E-state index contributed by atoms with van der Waals surface area (Å²) in [4.78, 5) is 11.9. The molecule has 0 saturated heterocycles. The molecule has 1 unspecified atom stereocenters. The molecule has 0 aromatic heterocycles. The van der Waals surface area contributed by atoms with E-state index in [1.807, 2.05) is 24.3 Å². The van der Waals surface area contributed by atoms with Crippen LogP contribution in [0.4, 0.5) is 0 Å². The Hall–Kier alpha value is -1.59. The van der Waals surface area contributed by atoms with Crippen LogP contribution in [0.25, 0.3) is 0 Å². The van der Waals surface area contributed by atoms with Gasteiger partial charge in [-0.2, -0.15) is 0 Å². The summed E-state index contributed by atoms with van der Waals surface area (Å²) >= 11 is 0. The molecule has 1 aromatic rings. The summed E-state index contributed by atoms with van der Waals surface area (Å²) in [5.74, 6) is 1.64. The fraction of sp³-hybridized carbons (Fsp3) is 0.667. The number of carbonyl (C=O) groups excluding carboxylic acids is 1. The number of carbonyl (C=O) groups is 1. The topological polar surface area (TPSA) is 67.8 Å². The first-order chi connectivity index (χ1) is 12.7. The molecular weight excluding hydrogens is 330 g/mol. The third kappa shape index (κ3) is 8.19. The fourth-order valence-corrected chi connectivity index (χ4v) is 3.44. The van der Waals surface area contributed by atoms with Gasteiger partial charge in [0.05, 0.1) is 26.4 Å². The van der Waals surface area contributed by atoms with E-state index >= 15 is 0 Å². The minimum Gasteiger partial charge on any atom is -0.497 e. The summed E-state index contributed by atoms with van der Waals surface area (Å²) in [6.07, 6.45) is 8.68. The van der Waals surface area contributed by atoms with E-state index in [9.17, 15) is 9.90 Å². The molecular formula is C21H33NO4. The van der Waals surface area contributed by atoms with Crippen molar-refractivity contribution in [2.75, 3.05) is 20.3 Å². The summed E-state index contributed by atoms with van der Waals surface area (Å²) in [7, 11) is 1.63. The zero-order valence-electron chi connectivity index (χ0n) is 15.9. The lowest BCUT2D eigenvalue weighted by atomic mass is 9.86. The van der Waals surface area contributed by atoms with Crippen LogP contribution in [0, 0.1) is 5.92 Å². The standard InChI is InChI=1S/C21H33NO4/c1-25-20-12-10-18(11-13-20)15-26-16-19(23)14-22-21(24)9-5-8-17-6-3-2-4-7-17/h10-13,17,19,23H,2-9,14-16H2,1H3,(H,22,24). The second-order valence-electron chi connectivity index (χ2n) is 7.22. The molecule has 0 heterocycles. The Labute approximate surface area is 157 Å². The number of methoxy groups -OCH3 is 1. The maximum Gasteiger partial charge on any atom is 0.220 e. The number of hydrogen-bond acceptors (Lipinski definition) is 4. The van der Waals surface area contributed by atoms with Gasteiger partial charge in [-0.25, -0.2) is 0 Å². The number of hydrogen-bond donors (Lipinski definition) is 2. The van der Waals surface area contributed by atoms with Crippen molar-refractivity contribution in [3.8, 4) is 5.75 Å². The highest BCUT2D eigenvalue weighted by Crippen LogP contribution is 2.27. The summed E-state index contributed by atoms with van der Waals surface area (Å²) in [5, 5.41) is 12.7. The lowest BCUT2D eigenvalue weighted by Crippen LogP contribution is -2.34. The average molecular weight is 363 g/mol. The minimum absolute atomic E-state index is 0.0232. The van der Waals surface area contributed by atoms with E-state index in [4.69, 9.17) is 9.47 Å². The van der Waals surface area contributed by atoms with Crippen LogP contribution in [0.1, 0.15) is 56.9 Å². The van der Waals surface area contributed by atoms with Gasteiger partial charge in [0.25, 0.3) is 0 Å². The lowest BCUT2D eigenvalue weighted by molar-refractivity contribution is -0.121. The number of amides is 1. The van der Waals surface area contributed by atoms with Gasteiger partial charge in [-0.3, -0.25) is 4.79 Å². The third-order valence-corrected chi connectivity index (χ3v) is 5.01. The lowest BCUT2D eigenvalue weighted by Gasteiger charge is -2.21. The molecule has 5 heteroatoms. The Morgan fingerprint density at radius 2 is 1.96 bits per heavy atom. The van der Waals surface area contributed by atoms with Crippen molar-refractivity contribution in [1.82, 2.24) is 5.32 Å². The Morgan fingerprint density at radius 3 is 2.65 bits per heavy atom. The molecule has 1 atom stereocenters. The molecule has 1 aromatic carbocycles. The van der Waals surface area contributed by atoms with Gasteiger partial charge in [0.15, 0.2) is 0 Å². The van der Waals surface area contributed by atoms with Gasteiger partial charge in [0.1, 0.15) is 5.75 Å². The molecule has 0 spiro atoms. The van der Waals surface area contributed by atoms with Gasteiger partial charge in [-0.15, -0.1) is 0 Å². The van der Waals surface area contributed by atoms with Gasteiger partial charge in [0.2, 0.25) is 5.91 Å². The van der Waals surface area contributed by atoms with Gasteiger partial charge >= 0.3 is 0 Å². The average Bonchev–Trinajstić information content (AvgIpc) is 2.68. The Bertz CT molecular complexity index is 511. The highest BCUT2D eigenvalue weighted by Gasteiger charge is 2.14. The van der Waals surface area contributed by atoms with Crippen molar-refractivity contribution in [2.45, 2.75) is 64.1 Å². The molecule has 1 aliphatic carbocycles. The van der Waals surface area contributed by atoms with E-state index in [0.29, 0.717) is 13.0 Å². The van der Waals surface area contributed by atoms with Crippen LogP contribution < -0.4 is 10.1 Å². The Balaban J connectivity index is 1.50. The SMILES string of the molecule is COc1ccc(COCC(O)CNC(=O)CCCC2CCCCC2)cc1. The zero-order valence-corrected chi connectivity index (χ0v) is 15.9. The molecule has 0 radical (unpaired) electrons. The van der Waals surface area contributed by atoms with Crippen LogP contribution in [-0.2, 0) is 16.1 Å². The maximum atomic E-state index is 11.9. The second kappa shape index (κ2) is 11.9. The Morgan fingerprint density at radius 1 is 1.23 bits per heavy atom. The summed E-state index contributed by atoms with van der Waals surface area (Å²) in [5.41, 5.74) is 1.02. The molecule has 1 saturated carbocycles. The smallest absolute Gasteiger partial charge is 0.220 e. The van der Waals surface area contributed by atoms with Gasteiger partial charge in [-0.05, 0) is 36.5 Å². The molecule has 2 N–H and O–H groups in total. The van der Waals surface area contributed by atoms with Gasteiger partial charge in [-0.1, -0.05) is 44.2 Å². The molecule has 146 valence electrons. The first-order valence-corrected chi connectivity index (χ1v) is 9.83. The summed E-state index contributed by atoms with van der Waals surface area (Å²) in [6, 6.07) is 7.62. The minimum atomic E-state index is -0.685. The Kier molecular flexibility index (Phi) is 9.50. The third-order valence-electron chi connectivity index (χ3n) is 5.01. The zero-order chi connectivity index (χ0) is 18.6. The molecule has 1 aliphatic rings. The van der Waals surface area contributed by atoms with E-state index in [-0.39, 0.29) is 19.1 Å². The number of ether oxygens (including phenoxy) is 2.